The number of carbonyl (C=O) groups is 1. The van der Waals surface area contributed by atoms with E-state index in [-0.39, 0.29) is 12.1 Å². The summed E-state index contributed by atoms with van der Waals surface area (Å²) < 4.78 is 6.10. The molecule has 4 aliphatic rings. The van der Waals surface area contributed by atoms with Crippen molar-refractivity contribution < 1.29 is 9.53 Å². The first-order valence-electron chi connectivity index (χ1n) is 19.8. The van der Waals surface area contributed by atoms with Crippen LogP contribution in [0.25, 0.3) is 0 Å². The van der Waals surface area contributed by atoms with Crippen molar-refractivity contribution in [2.45, 2.75) is 170 Å². The maximum atomic E-state index is 12.8. The second kappa shape index (κ2) is 17.6. The number of unbranched alkanes of at least 4 members (excludes halogenated alkanes) is 7. The summed E-state index contributed by atoms with van der Waals surface area (Å²) in [5, 5.41) is 0. The molecule has 4 aliphatic carbocycles. The Bertz CT molecular complexity index is 1100. The summed E-state index contributed by atoms with van der Waals surface area (Å²) in [5.74, 6) is 11.8. The van der Waals surface area contributed by atoms with Gasteiger partial charge in [-0.2, -0.15) is 0 Å². The van der Waals surface area contributed by atoms with Gasteiger partial charge in [0.15, 0.2) is 0 Å². The third-order valence-corrected chi connectivity index (χ3v) is 13.6. The molecular formula is C44H70O2. The number of rotatable bonds is 16. The van der Waals surface area contributed by atoms with Gasteiger partial charge in [0.2, 0.25) is 0 Å². The first kappa shape index (κ1) is 37.1. The number of ether oxygens (including phenoxy) is 1. The fourth-order valence-corrected chi connectivity index (χ4v) is 10.8. The SMILES string of the molecule is C=CCC#CCCCCCCCCCC(=O)OC1CCC2(C)C(=CCC3C2CCC2(C)C(C(C)C=CC(CC)C(C)C)CCC32)C1. The van der Waals surface area contributed by atoms with Crippen LogP contribution in [0.1, 0.15) is 164 Å². The highest BCUT2D eigenvalue weighted by atomic mass is 16.5. The number of hydrogen-bond donors (Lipinski definition) is 0. The highest BCUT2D eigenvalue weighted by molar-refractivity contribution is 5.69. The zero-order valence-corrected chi connectivity index (χ0v) is 30.9. The molecule has 258 valence electrons. The van der Waals surface area contributed by atoms with Gasteiger partial charge >= 0.3 is 5.97 Å². The average molecular weight is 631 g/mol. The molecule has 0 radical (unpaired) electrons. The molecule has 0 aromatic heterocycles. The van der Waals surface area contributed by atoms with Crippen LogP contribution in [0.15, 0.2) is 36.5 Å². The summed E-state index contributed by atoms with van der Waals surface area (Å²) in [4.78, 5) is 12.8. The topological polar surface area (TPSA) is 26.3 Å². The number of allylic oxidation sites excluding steroid dienone is 4. The molecule has 9 unspecified atom stereocenters. The van der Waals surface area contributed by atoms with E-state index in [1.807, 2.05) is 6.08 Å². The molecule has 2 heteroatoms. The van der Waals surface area contributed by atoms with Crippen molar-refractivity contribution in [2.75, 3.05) is 0 Å². The van der Waals surface area contributed by atoms with Crippen molar-refractivity contribution >= 4 is 5.97 Å². The predicted octanol–water partition coefficient (Wildman–Crippen LogP) is 12.4. The van der Waals surface area contributed by atoms with Crippen LogP contribution in [0.4, 0.5) is 0 Å². The molecular weight excluding hydrogens is 560 g/mol. The highest BCUT2D eigenvalue weighted by Gasteiger charge is 2.59. The summed E-state index contributed by atoms with van der Waals surface area (Å²) in [6.45, 7) is 18.6. The van der Waals surface area contributed by atoms with Gasteiger partial charge in [-0.3, -0.25) is 4.79 Å². The summed E-state index contributed by atoms with van der Waals surface area (Å²) in [5.41, 5.74) is 2.41. The lowest BCUT2D eigenvalue weighted by molar-refractivity contribution is -0.151. The minimum Gasteiger partial charge on any atom is -0.462 e. The van der Waals surface area contributed by atoms with Gasteiger partial charge in [-0.1, -0.05) is 109 Å². The van der Waals surface area contributed by atoms with E-state index in [2.05, 4.69) is 78.2 Å². The molecule has 0 aromatic carbocycles. The normalized spacial score (nSPS) is 33.3. The molecule has 0 saturated heterocycles. The standard InChI is InChI=1S/C44H70O2/c1-8-10-11-12-13-14-15-16-17-18-19-20-21-42(45)46-37-28-30-43(6)36(32-37)24-25-38-40-27-26-39(44(40,7)31-29-41(38)43)34(5)22-23-35(9-2)33(3)4/h8,22-24,33-35,37-41H,1,9-10,13-21,25-32H2,2-7H3. The van der Waals surface area contributed by atoms with Gasteiger partial charge in [-0.15, -0.1) is 12.5 Å². The molecule has 0 aromatic rings. The van der Waals surface area contributed by atoms with Crippen molar-refractivity contribution in [1.82, 2.24) is 0 Å². The van der Waals surface area contributed by atoms with Crippen molar-refractivity contribution in [2.24, 2.45) is 52.3 Å². The van der Waals surface area contributed by atoms with E-state index >= 15 is 0 Å². The Hall–Kier alpha value is -1.75. The fraction of sp³-hybridized carbons (Fsp3) is 0.795. The first-order valence-corrected chi connectivity index (χ1v) is 19.8. The lowest BCUT2D eigenvalue weighted by Crippen LogP contribution is -2.51. The number of fused-ring (bicyclic) bond motifs is 5. The van der Waals surface area contributed by atoms with Crippen LogP contribution in [-0.4, -0.2) is 12.1 Å². The Morgan fingerprint density at radius 1 is 0.957 bits per heavy atom. The second-order valence-corrected chi connectivity index (χ2v) is 16.7. The second-order valence-electron chi connectivity index (χ2n) is 16.7. The number of carbonyl (C=O) groups excluding carboxylic acids is 1. The Kier molecular flexibility index (Phi) is 14.2. The van der Waals surface area contributed by atoms with Crippen molar-refractivity contribution in [1.29, 1.82) is 0 Å². The molecule has 0 spiro atoms. The smallest absolute Gasteiger partial charge is 0.306 e. The van der Waals surface area contributed by atoms with Gasteiger partial charge in [0.05, 0.1) is 0 Å². The molecule has 46 heavy (non-hydrogen) atoms. The highest BCUT2D eigenvalue weighted by Crippen LogP contribution is 2.67. The first-order chi connectivity index (χ1) is 22.1. The quantitative estimate of drug-likeness (QED) is 0.0734. The lowest BCUT2D eigenvalue weighted by Gasteiger charge is -2.58. The Morgan fingerprint density at radius 3 is 2.41 bits per heavy atom. The van der Waals surface area contributed by atoms with E-state index in [1.165, 1.54) is 77.0 Å². The molecule has 2 nitrogen and oxygen atoms in total. The number of hydrogen-bond acceptors (Lipinski definition) is 2. The summed E-state index contributed by atoms with van der Waals surface area (Å²) in [6, 6.07) is 0. The zero-order chi connectivity index (χ0) is 33.2. The largest absolute Gasteiger partial charge is 0.462 e. The maximum absolute atomic E-state index is 12.8. The fourth-order valence-electron chi connectivity index (χ4n) is 10.8. The molecule has 3 fully saturated rings. The van der Waals surface area contributed by atoms with Crippen LogP contribution >= 0.6 is 0 Å². The van der Waals surface area contributed by atoms with Crippen molar-refractivity contribution in [3.05, 3.63) is 36.5 Å². The monoisotopic (exact) mass is 631 g/mol. The molecule has 3 saturated carbocycles. The lowest BCUT2D eigenvalue weighted by atomic mass is 9.47. The van der Waals surface area contributed by atoms with Gasteiger partial charge in [0.25, 0.3) is 0 Å². The third-order valence-electron chi connectivity index (χ3n) is 13.6. The third kappa shape index (κ3) is 9.03. The van der Waals surface area contributed by atoms with Crippen LogP contribution in [0.3, 0.4) is 0 Å². The molecule has 9 atom stereocenters. The van der Waals surface area contributed by atoms with Gasteiger partial charge in [0.1, 0.15) is 6.10 Å². The van der Waals surface area contributed by atoms with Crippen LogP contribution in [-0.2, 0) is 9.53 Å². The molecule has 0 bridgehead atoms. The van der Waals surface area contributed by atoms with E-state index in [0.29, 0.717) is 29.1 Å². The van der Waals surface area contributed by atoms with Gasteiger partial charge < -0.3 is 4.74 Å². The van der Waals surface area contributed by atoms with Crippen molar-refractivity contribution in [3.63, 3.8) is 0 Å². The minimum absolute atomic E-state index is 0.0354. The van der Waals surface area contributed by atoms with E-state index in [1.54, 1.807) is 5.57 Å². The van der Waals surface area contributed by atoms with E-state index in [9.17, 15) is 4.79 Å². The van der Waals surface area contributed by atoms with Crippen molar-refractivity contribution in [3.8, 4) is 11.8 Å². The van der Waals surface area contributed by atoms with Crippen LogP contribution in [0.5, 0.6) is 0 Å². The Morgan fingerprint density at radius 2 is 1.70 bits per heavy atom. The van der Waals surface area contributed by atoms with Gasteiger partial charge in [-0.05, 0) is 116 Å². The summed E-state index contributed by atoms with van der Waals surface area (Å²) >= 11 is 0. The van der Waals surface area contributed by atoms with Gasteiger partial charge in [0, 0.05) is 25.7 Å². The Labute approximate surface area is 285 Å². The van der Waals surface area contributed by atoms with Crippen LogP contribution in [0, 0.1) is 64.1 Å². The molecule has 4 rings (SSSR count). The van der Waals surface area contributed by atoms with E-state index in [0.717, 1.165) is 68.1 Å². The predicted molar refractivity (Wildman–Crippen MR) is 196 cm³/mol. The number of esters is 1. The molecule has 0 heterocycles. The van der Waals surface area contributed by atoms with Crippen LogP contribution in [0.2, 0.25) is 0 Å². The van der Waals surface area contributed by atoms with E-state index < -0.39 is 0 Å². The minimum atomic E-state index is 0.0354. The Balaban J connectivity index is 1.21. The zero-order valence-electron chi connectivity index (χ0n) is 30.9. The maximum Gasteiger partial charge on any atom is 0.306 e. The molecule has 0 aliphatic heterocycles. The van der Waals surface area contributed by atoms with E-state index in [4.69, 9.17) is 4.74 Å². The summed E-state index contributed by atoms with van der Waals surface area (Å²) in [6.07, 6.45) is 31.8. The molecule has 0 amide bonds. The van der Waals surface area contributed by atoms with Crippen LogP contribution < -0.4 is 0 Å². The summed E-state index contributed by atoms with van der Waals surface area (Å²) in [7, 11) is 0. The molecule has 0 N–H and O–H groups in total. The average Bonchev–Trinajstić information content (AvgIpc) is 3.39. The van der Waals surface area contributed by atoms with Gasteiger partial charge in [-0.25, -0.2) is 0 Å².